The van der Waals surface area contributed by atoms with Gasteiger partial charge in [0.05, 0.1) is 26.2 Å². The SMILES string of the molecule is CC(C)c1ccc(C(=O)CC(=O)c2ccccc2)cc1.OCCN(CCO)CCO. The Kier molecular flexibility index (Phi) is 12.5. The van der Waals surface area contributed by atoms with Crippen LogP contribution in [0.2, 0.25) is 0 Å². The number of Topliss-reactive ketones (excluding diaryl/α,β-unsaturated/α-hetero) is 2. The number of carbonyl (C=O) groups excluding carboxylic acids is 2. The van der Waals surface area contributed by atoms with Gasteiger partial charge in [0.2, 0.25) is 0 Å². The minimum absolute atomic E-state index is 0.0694. The molecule has 2 aromatic carbocycles. The van der Waals surface area contributed by atoms with Crippen LogP contribution >= 0.6 is 0 Å². The molecule has 3 N–H and O–H groups in total. The summed E-state index contributed by atoms with van der Waals surface area (Å²) < 4.78 is 0. The van der Waals surface area contributed by atoms with Crippen LogP contribution in [0.15, 0.2) is 54.6 Å². The second-order valence-corrected chi connectivity index (χ2v) is 7.18. The third kappa shape index (κ3) is 9.41. The molecule has 0 aliphatic carbocycles. The van der Waals surface area contributed by atoms with E-state index in [1.54, 1.807) is 41.3 Å². The number of benzene rings is 2. The lowest BCUT2D eigenvalue weighted by molar-refractivity contribution is 0.0894. The largest absolute Gasteiger partial charge is 0.395 e. The number of aliphatic hydroxyl groups is 3. The Morgan fingerprint density at radius 3 is 1.57 bits per heavy atom. The van der Waals surface area contributed by atoms with Gasteiger partial charge in [0.15, 0.2) is 11.6 Å². The van der Waals surface area contributed by atoms with Crippen LogP contribution in [-0.4, -0.2) is 71.2 Å². The summed E-state index contributed by atoms with van der Waals surface area (Å²) in [5.41, 5.74) is 2.37. The zero-order valence-corrected chi connectivity index (χ0v) is 17.8. The molecule has 164 valence electrons. The van der Waals surface area contributed by atoms with E-state index in [2.05, 4.69) is 13.8 Å². The molecule has 0 aliphatic rings. The van der Waals surface area contributed by atoms with E-state index < -0.39 is 0 Å². The highest BCUT2D eigenvalue weighted by Gasteiger charge is 2.13. The Labute approximate surface area is 178 Å². The number of carbonyl (C=O) groups is 2. The van der Waals surface area contributed by atoms with Crippen LogP contribution in [0.4, 0.5) is 0 Å². The molecule has 0 amide bonds. The van der Waals surface area contributed by atoms with Crippen molar-refractivity contribution in [3.8, 4) is 0 Å². The van der Waals surface area contributed by atoms with Crippen molar-refractivity contribution in [1.82, 2.24) is 4.90 Å². The van der Waals surface area contributed by atoms with Crippen molar-refractivity contribution in [2.45, 2.75) is 26.2 Å². The summed E-state index contributed by atoms with van der Waals surface area (Å²) in [7, 11) is 0. The van der Waals surface area contributed by atoms with Crippen molar-refractivity contribution in [1.29, 1.82) is 0 Å². The van der Waals surface area contributed by atoms with Gasteiger partial charge >= 0.3 is 0 Å². The van der Waals surface area contributed by atoms with Gasteiger partial charge in [-0.25, -0.2) is 0 Å². The number of hydrogen-bond donors (Lipinski definition) is 3. The number of hydrogen-bond acceptors (Lipinski definition) is 6. The minimum Gasteiger partial charge on any atom is -0.395 e. The Morgan fingerprint density at radius 2 is 1.17 bits per heavy atom. The van der Waals surface area contributed by atoms with E-state index in [9.17, 15) is 9.59 Å². The van der Waals surface area contributed by atoms with Crippen LogP contribution < -0.4 is 0 Å². The topological polar surface area (TPSA) is 98.1 Å². The second kappa shape index (κ2) is 14.6. The summed E-state index contributed by atoms with van der Waals surface area (Å²) >= 11 is 0. The van der Waals surface area contributed by atoms with Crippen molar-refractivity contribution >= 4 is 11.6 Å². The lowest BCUT2D eigenvalue weighted by Gasteiger charge is -2.17. The molecular weight excluding hydrogens is 382 g/mol. The summed E-state index contributed by atoms with van der Waals surface area (Å²) in [6.45, 7) is 5.97. The predicted molar refractivity (Wildman–Crippen MR) is 118 cm³/mol. The van der Waals surface area contributed by atoms with E-state index in [0.717, 1.165) is 0 Å². The maximum absolute atomic E-state index is 12.1. The molecule has 0 radical (unpaired) electrons. The van der Waals surface area contributed by atoms with Gasteiger partial charge in [0, 0.05) is 30.8 Å². The van der Waals surface area contributed by atoms with Crippen molar-refractivity contribution in [2.24, 2.45) is 0 Å². The Bertz CT molecular complexity index is 730. The van der Waals surface area contributed by atoms with Crippen LogP contribution in [-0.2, 0) is 0 Å². The molecule has 0 atom stereocenters. The molecule has 0 unspecified atom stereocenters. The maximum Gasteiger partial charge on any atom is 0.170 e. The molecule has 2 aromatic rings. The number of nitrogens with zero attached hydrogens (tertiary/aromatic N) is 1. The van der Waals surface area contributed by atoms with Gasteiger partial charge in [-0.2, -0.15) is 0 Å². The first-order valence-electron chi connectivity index (χ1n) is 10.2. The quantitative estimate of drug-likeness (QED) is 0.385. The molecule has 0 heterocycles. The summed E-state index contributed by atoms with van der Waals surface area (Å²) in [6.07, 6.45) is -0.0783. The second-order valence-electron chi connectivity index (χ2n) is 7.18. The number of aliphatic hydroxyl groups excluding tert-OH is 3. The molecular formula is C24H33NO5. The summed E-state index contributed by atoms with van der Waals surface area (Å²) in [4.78, 5) is 25.9. The minimum atomic E-state index is -0.136. The van der Waals surface area contributed by atoms with Gasteiger partial charge in [-0.05, 0) is 11.5 Å². The molecule has 6 nitrogen and oxygen atoms in total. The van der Waals surface area contributed by atoms with Gasteiger partial charge < -0.3 is 15.3 Å². The molecule has 0 bridgehead atoms. The van der Waals surface area contributed by atoms with Gasteiger partial charge in [0.1, 0.15) is 0 Å². The average molecular weight is 416 g/mol. The molecule has 0 aliphatic heterocycles. The van der Waals surface area contributed by atoms with E-state index in [0.29, 0.717) is 36.7 Å². The third-order valence-corrected chi connectivity index (χ3v) is 4.56. The highest BCUT2D eigenvalue weighted by molar-refractivity contribution is 6.13. The van der Waals surface area contributed by atoms with Gasteiger partial charge in [-0.1, -0.05) is 68.4 Å². The first kappa shape index (κ1) is 25.7. The highest BCUT2D eigenvalue weighted by Crippen LogP contribution is 2.16. The van der Waals surface area contributed by atoms with E-state index in [-0.39, 0.29) is 37.8 Å². The molecule has 30 heavy (non-hydrogen) atoms. The Balaban J connectivity index is 0.000000382. The normalized spacial score (nSPS) is 10.6. The van der Waals surface area contributed by atoms with Gasteiger partial charge in [-0.15, -0.1) is 0 Å². The highest BCUT2D eigenvalue weighted by atomic mass is 16.3. The molecule has 0 aromatic heterocycles. The van der Waals surface area contributed by atoms with Crippen molar-refractivity contribution < 1.29 is 24.9 Å². The average Bonchev–Trinajstić information content (AvgIpc) is 2.75. The molecule has 6 heteroatoms. The molecule has 2 rings (SSSR count). The summed E-state index contributed by atoms with van der Waals surface area (Å²) in [5.74, 6) is 0.169. The number of ketones is 2. The standard InChI is InChI=1S/C18H18O2.C6H15NO3/c1-13(2)14-8-10-16(11-9-14)18(20)12-17(19)15-6-4-3-5-7-15;8-4-1-7(2-5-9)3-6-10/h3-11,13H,12H2,1-2H3;8-10H,1-6H2. The van der Waals surface area contributed by atoms with Crippen molar-refractivity contribution in [3.63, 3.8) is 0 Å². The first-order valence-corrected chi connectivity index (χ1v) is 10.2. The van der Waals surface area contributed by atoms with Crippen LogP contribution in [0, 0.1) is 0 Å². The van der Waals surface area contributed by atoms with Crippen LogP contribution in [0.25, 0.3) is 0 Å². The van der Waals surface area contributed by atoms with Gasteiger partial charge in [0.25, 0.3) is 0 Å². The van der Waals surface area contributed by atoms with Gasteiger partial charge in [-0.3, -0.25) is 14.5 Å². The van der Waals surface area contributed by atoms with E-state index in [1.165, 1.54) is 5.56 Å². The number of rotatable bonds is 11. The summed E-state index contributed by atoms with van der Waals surface area (Å²) in [5, 5.41) is 25.5. The Hall–Kier alpha value is -2.38. The third-order valence-electron chi connectivity index (χ3n) is 4.56. The fraction of sp³-hybridized carbons (Fsp3) is 0.417. The molecule has 0 fully saturated rings. The maximum atomic E-state index is 12.1. The van der Waals surface area contributed by atoms with E-state index in [1.807, 2.05) is 18.2 Å². The lowest BCUT2D eigenvalue weighted by Crippen LogP contribution is -2.32. The molecule has 0 saturated heterocycles. The monoisotopic (exact) mass is 415 g/mol. The zero-order valence-electron chi connectivity index (χ0n) is 17.8. The Morgan fingerprint density at radius 1 is 0.733 bits per heavy atom. The molecule has 0 saturated carbocycles. The molecule has 0 spiro atoms. The van der Waals surface area contributed by atoms with Crippen LogP contribution in [0.3, 0.4) is 0 Å². The fourth-order valence-corrected chi connectivity index (χ4v) is 2.79. The zero-order chi connectivity index (χ0) is 22.4. The predicted octanol–water partition coefficient (Wildman–Crippen LogP) is 2.53. The fourth-order valence-electron chi connectivity index (χ4n) is 2.79. The lowest BCUT2D eigenvalue weighted by atomic mass is 9.98. The van der Waals surface area contributed by atoms with Crippen LogP contribution in [0.1, 0.15) is 52.5 Å². The van der Waals surface area contributed by atoms with E-state index >= 15 is 0 Å². The summed E-state index contributed by atoms with van der Waals surface area (Å²) in [6, 6.07) is 16.4. The van der Waals surface area contributed by atoms with Crippen molar-refractivity contribution in [2.75, 3.05) is 39.5 Å². The van der Waals surface area contributed by atoms with Crippen molar-refractivity contribution in [3.05, 3.63) is 71.3 Å². The van der Waals surface area contributed by atoms with E-state index in [4.69, 9.17) is 15.3 Å². The first-order chi connectivity index (χ1) is 14.4. The van der Waals surface area contributed by atoms with Crippen LogP contribution in [0.5, 0.6) is 0 Å². The smallest absolute Gasteiger partial charge is 0.170 e.